The molecule has 0 unspecified atom stereocenters. The molecule has 0 aromatic carbocycles. The number of hydrogen-bond acceptors (Lipinski definition) is 1. The third kappa shape index (κ3) is 1.47. The second-order valence-electron chi connectivity index (χ2n) is 1.66. The fourth-order valence-electron chi connectivity index (χ4n) is 0.450. The second-order valence-corrected chi connectivity index (χ2v) is 2.76. The zero-order valence-electron chi connectivity index (χ0n) is 4.56. The predicted octanol–water partition coefficient (Wildman–Crippen LogP) is -0.0554. The summed E-state index contributed by atoms with van der Waals surface area (Å²) >= 11 is 2.19. The number of rotatable bonds is 0. The molecule has 0 saturated carbocycles. The first-order chi connectivity index (χ1) is 3.79. The molecule has 1 rings (SSSR count). The van der Waals surface area contributed by atoms with Crippen molar-refractivity contribution in [1.82, 2.24) is 4.98 Å². The van der Waals surface area contributed by atoms with Crippen molar-refractivity contribution in [2.75, 3.05) is 0 Å². The van der Waals surface area contributed by atoms with Crippen molar-refractivity contribution < 1.29 is 0 Å². The van der Waals surface area contributed by atoms with E-state index in [2.05, 4.69) is 33.6 Å². The standard InChI is InChI=1S/C5H5BIN/c6-4-1-2-5(7)8-3-4/h1-3H,6H2. The largest absolute Gasteiger partial charge is 0.251 e. The summed E-state index contributed by atoms with van der Waals surface area (Å²) in [5.74, 6) is 0. The van der Waals surface area contributed by atoms with Crippen LogP contribution in [0, 0.1) is 3.70 Å². The number of nitrogens with zero attached hydrogens (tertiary/aromatic N) is 1. The molecule has 40 valence electrons. The van der Waals surface area contributed by atoms with E-state index in [0.717, 1.165) is 3.70 Å². The summed E-state index contributed by atoms with van der Waals surface area (Å²) in [4.78, 5) is 4.07. The Kier molecular flexibility index (Phi) is 1.88. The topological polar surface area (TPSA) is 12.9 Å². The van der Waals surface area contributed by atoms with Crippen LogP contribution in [-0.4, -0.2) is 12.8 Å². The quantitative estimate of drug-likeness (QED) is 0.337. The van der Waals surface area contributed by atoms with E-state index in [1.165, 1.54) is 5.46 Å². The highest BCUT2D eigenvalue weighted by molar-refractivity contribution is 14.1. The lowest BCUT2D eigenvalue weighted by Gasteiger charge is -1.87. The minimum absolute atomic E-state index is 1.05. The van der Waals surface area contributed by atoms with Gasteiger partial charge in [-0.15, -0.1) is 0 Å². The lowest BCUT2D eigenvalue weighted by molar-refractivity contribution is 1.29. The molecule has 1 heterocycles. The fraction of sp³-hybridized carbons (Fsp3) is 0. The van der Waals surface area contributed by atoms with Crippen LogP contribution in [0.25, 0.3) is 0 Å². The van der Waals surface area contributed by atoms with Gasteiger partial charge in [0, 0.05) is 6.20 Å². The molecule has 0 radical (unpaired) electrons. The van der Waals surface area contributed by atoms with Crippen LogP contribution < -0.4 is 5.46 Å². The third-order valence-electron chi connectivity index (χ3n) is 0.875. The third-order valence-corrected chi connectivity index (χ3v) is 1.51. The van der Waals surface area contributed by atoms with Crippen LogP contribution in [0.5, 0.6) is 0 Å². The second kappa shape index (κ2) is 2.48. The van der Waals surface area contributed by atoms with E-state index in [1.807, 2.05) is 20.1 Å². The van der Waals surface area contributed by atoms with Crippen LogP contribution in [0.3, 0.4) is 0 Å². The molecule has 0 aliphatic carbocycles. The van der Waals surface area contributed by atoms with Crippen molar-refractivity contribution >= 4 is 35.9 Å². The van der Waals surface area contributed by atoms with Crippen molar-refractivity contribution in [2.24, 2.45) is 0 Å². The summed E-state index contributed by atoms with van der Waals surface area (Å²) in [5.41, 5.74) is 1.21. The molecule has 8 heavy (non-hydrogen) atoms. The summed E-state index contributed by atoms with van der Waals surface area (Å²) in [5, 5.41) is 0. The van der Waals surface area contributed by atoms with Gasteiger partial charge in [-0.05, 0) is 28.7 Å². The van der Waals surface area contributed by atoms with Crippen molar-refractivity contribution in [3.63, 3.8) is 0 Å². The number of halogens is 1. The summed E-state index contributed by atoms with van der Waals surface area (Å²) in [6.07, 6.45) is 1.86. The van der Waals surface area contributed by atoms with Crippen LogP contribution in [0.2, 0.25) is 0 Å². The summed E-state index contributed by atoms with van der Waals surface area (Å²) in [6, 6.07) is 4.05. The van der Waals surface area contributed by atoms with Gasteiger partial charge in [0.1, 0.15) is 11.5 Å². The lowest BCUT2D eigenvalue weighted by Crippen LogP contribution is -2.01. The highest BCUT2D eigenvalue weighted by Gasteiger charge is 1.82. The Morgan fingerprint density at radius 1 is 1.50 bits per heavy atom. The smallest absolute Gasteiger partial charge is 0.141 e. The Balaban J connectivity index is 3.03. The average molecular weight is 217 g/mol. The van der Waals surface area contributed by atoms with E-state index in [1.54, 1.807) is 0 Å². The number of aromatic nitrogens is 1. The van der Waals surface area contributed by atoms with Crippen molar-refractivity contribution in [1.29, 1.82) is 0 Å². The minimum atomic E-state index is 1.05. The molecule has 0 atom stereocenters. The normalized spacial score (nSPS) is 9.12. The first kappa shape index (κ1) is 6.07. The van der Waals surface area contributed by atoms with E-state index < -0.39 is 0 Å². The first-order valence-corrected chi connectivity index (χ1v) is 3.45. The highest BCUT2D eigenvalue weighted by atomic mass is 127. The molecule has 1 nitrogen and oxygen atoms in total. The van der Waals surface area contributed by atoms with Gasteiger partial charge in [0.15, 0.2) is 0 Å². The first-order valence-electron chi connectivity index (χ1n) is 2.37. The number of pyridine rings is 1. The summed E-state index contributed by atoms with van der Waals surface area (Å²) in [7, 11) is 2.03. The van der Waals surface area contributed by atoms with E-state index >= 15 is 0 Å². The van der Waals surface area contributed by atoms with Gasteiger partial charge in [0.25, 0.3) is 0 Å². The lowest BCUT2D eigenvalue weighted by atomic mass is 10.00. The van der Waals surface area contributed by atoms with Gasteiger partial charge in [-0.2, -0.15) is 0 Å². The zero-order chi connectivity index (χ0) is 5.98. The van der Waals surface area contributed by atoms with Gasteiger partial charge in [-0.3, -0.25) is 4.98 Å². The van der Waals surface area contributed by atoms with E-state index in [-0.39, 0.29) is 0 Å². The molecule has 0 aliphatic heterocycles. The van der Waals surface area contributed by atoms with Crippen molar-refractivity contribution in [2.45, 2.75) is 0 Å². The van der Waals surface area contributed by atoms with Crippen LogP contribution in [0.15, 0.2) is 18.3 Å². The SMILES string of the molecule is Bc1ccc(I)nc1. The monoisotopic (exact) mass is 217 g/mol. The van der Waals surface area contributed by atoms with Gasteiger partial charge < -0.3 is 0 Å². The Morgan fingerprint density at radius 3 is 2.62 bits per heavy atom. The molecule has 0 N–H and O–H groups in total. The average Bonchev–Trinajstić information content (AvgIpc) is 1.77. The van der Waals surface area contributed by atoms with Crippen molar-refractivity contribution in [3.8, 4) is 0 Å². The van der Waals surface area contributed by atoms with E-state index in [9.17, 15) is 0 Å². The zero-order valence-corrected chi connectivity index (χ0v) is 6.71. The molecule has 1 aromatic heterocycles. The molecular formula is C5H5BIN. The Bertz CT molecular complexity index is 151. The molecule has 0 spiro atoms. The maximum absolute atomic E-state index is 4.07. The van der Waals surface area contributed by atoms with Gasteiger partial charge in [-0.25, -0.2) is 0 Å². The van der Waals surface area contributed by atoms with E-state index in [4.69, 9.17) is 0 Å². The molecule has 0 saturated heterocycles. The van der Waals surface area contributed by atoms with Gasteiger partial charge in [0.2, 0.25) is 0 Å². The van der Waals surface area contributed by atoms with Crippen LogP contribution >= 0.6 is 22.6 Å². The van der Waals surface area contributed by atoms with Crippen LogP contribution in [0.1, 0.15) is 0 Å². The summed E-state index contributed by atoms with van der Waals surface area (Å²) < 4.78 is 1.05. The van der Waals surface area contributed by atoms with Gasteiger partial charge in [0.05, 0.1) is 0 Å². The van der Waals surface area contributed by atoms with Crippen LogP contribution in [0.4, 0.5) is 0 Å². The van der Waals surface area contributed by atoms with Crippen LogP contribution in [-0.2, 0) is 0 Å². The Labute approximate surface area is 63.1 Å². The maximum Gasteiger partial charge on any atom is 0.141 e. The molecular weight excluding hydrogens is 212 g/mol. The molecule has 1 aromatic rings. The molecule has 0 bridgehead atoms. The van der Waals surface area contributed by atoms with Gasteiger partial charge in [-0.1, -0.05) is 11.5 Å². The molecule has 0 fully saturated rings. The molecule has 0 amide bonds. The highest BCUT2D eigenvalue weighted by Crippen LogP contribution is 1.93. The Hall–Kier alpha value is -0.0551. The molecule has 3 heteroatoms. The summed E-state index contributed by atoms with van der Waals surface area (Å²) in [6.45, 7) is 0. The maximum atomic E-state index is 4.07. The molecule has 0 aliphatic rings. The number of hydrogen-bond donors (Lipinski definition) is 0. The van der Waals surface area contributed by atoms with E-state index in [0.29, 0.717) is 0 Å². The fourth-order valence-corrected chi connectivity index (χ4v) is 0.769. The minimum Gasteiger partial charge on any atom is -0.251 e. The van der Waals surface area contributed by atoms with Crippen molar-refractivity contribution in [3.05, 3.63) is 22.0 Å². The Morgan fingerprint density at radius 2 is 2.25 bits per heavy atom. The van der Waals surface area contributed by atoms with Gasteiger partial charge >= 0.3 is 0 Å². The predicted molar refractivity (Wildman–Crippen MR) is 45.1 cm³/mol.